The molecule has 2 fully saturated rings. The second-order valence-corrected chi connectivity index (χ2v) is 6.77. The highest BCUT2D eigenvalue weighted by Crippen LogP contribution is 2.24. The monoisotopic (exact) mass is 336 g/mol. The number of morpholine rings is 1. The standard InChI is InChI=1S/C16H28N6O2/c1-13(21-6-8-24-9-7-21)10-17-16(23)22-5-3-4-14(11-22)15-19-18-12-20(15)2/h12-14H,3-11H2,1-2H3,(H,17,23)/t13-,14+/m1/s1. The molecule has 0 aliphatic carbocycles. The van der Waals surface area contributed by atoms with Crippen LogP contribution < -0.4 is 5.32 Å². The molecule has 0 radical (unpaired) electrons. The molecule has 8 nitrogen and oxygen atoms in total. The Kier molecular flexibility index (Phi) is 5.68. The van der Waals surface area contributed by atoms with E-state index in [9.17, 15) is 4.79 Å². The van der Waals surface area contributed by atoms with E-state index >= 15 is 0 Å². The number of amides is 2. The van der Waals surface area contributed by atoms with Crippen LogP contribution in [0, 0.1) is 0 Å². The fourth-order valence-electron chi connectivity index (χ4n) is 3.53. The number of aromatic nitrogens is 3. The molecule has 0 aromatic carbocycles. The summed E-state index contributed by atoms with van der Waals surface area (Å²) >= 11 is 0. The van der Waals surface area contributed by atoms with E-state index in [2.05, 4.69) is 27.3 Å². The lowest BCUT2D eigenvalue weighted by Crippen LogP contribution is -2.51. The largest absolute Gasteiger partial charge is 0.379 e. The lowest BCUT2D eigenvalue weighted by atomic mass is 9.97. The number of carbonyl (C=O) groups excluding carboxylic acids is 1. The average molecular weight is 336 g/mol. The van der Waals surface area contributed by atoms with Crippen LogP contribution in [-0.2, 0) is 11.8 Å². The summed E-state index contributed by atoms with van der Waals surface area (Å²) in [4.78, 5) is 16.8. The van der Waals surface area contributed by atoms with Gasteiger partial charge in [0.25, 0.3) is 0 Å². The van der Waals surface area contributed by atoms with Crippen molar-refractivity contribution in [2.75, 3.05) is 45.9 Å². The molecule has 2 saturated heterocycles. The molecule has 0 saturated carbocycles. The quantitative estimate of drug-likeness (QED) is 0.863. The third-order valence-electron chi connectivity index (χ3n) is 5.04. The van der Waals surface area contributed by atoms with Crippen LogP contribution in [0.4, 0.5) is 4.79 Å². The predicted octanol–water partition coefficient (Wildman–Crippen LogP) is 0.425. The Morgan fingerprint density at radius 2 is 2.21 bits per heavy atom. The average Bonchev–Trinajstić information content (AvgIpc) is 3.06. The topological polar surface area (TPSA) is 75.5 Å². The highest BCUT2D eigenvalue weighted by Gasteiger charge is 2.27. The van der Waals surface area contributed by atoms with Gasteiger partial charge in [-0.3, -0.25) is 4.90 Å². The molecule has 2 aliphatic rings. The Hall–Kier alpha value is -1.67. The zero-order valence-corrected chi connectivity index (χ0v) is 14.6. The third-order valence-corrected chi connectivity index (χ3v) is 5.04. The van der Waals surface area contributed by atoms with Crippen LogP contribution in [0.25, 0.3) is 0 Å². The fourth-order valence-corrected chi connectivity index (χ4v) is 3.53. The van der Waals surface area contributed by atoms with Crippen LogP contribution in [0.15, 0.2) is 6.33 Å². The van der Waals surface area contributed by atoms with Gasteiger partial charge in [0.2, 0.25) is 0 Å². The molecule has 0 spiro atoms. The van der Waals surface area contributed by atoms with Crippen molar-refractivity contribution in [2.45, 2.75) is 31.7 Å². The summed E-state index contributed by atoms with van der Waals surface area (Å²) in [5.41, 5.74) is 0. The van der Waals surface area contributed by atoms with Crippen LogP contribution in [0.1, 0.15) is 31.5 Å². The maximum atomic E-state index is 12.5. The second kappa shape index (κ2) is 7.94. The highest BCUT2D eigenvalue weighted by atomic mass is 16.5. The lowest BCUT2D eigenvalue weighted by Gasteiger charge is -2.34. The predicted molar refractivity (Wildman–Crippen MR) is 89.8 cm³/mol. The van der Waals surface area contributed by atoms with Crippen molar-refractivity contribution >= 4 is 6.03 Å². The summed E-state index contributed by atoms with van der Waals surface area (Å²) in [6, 6.07) is 0.360. The van der Waals surface area contributed by atoms with E-state index in [1.165, 1.54) is 0 Å². The number of hydrogen-bond donors (Lipinski definition) is 1. The van der Waals surface area contributed by atoms with E-state index in [0.717, 1.165) is 51.5 Å². The zero-order valence-electron chi connectivity index (χ0n) is 14.6. The first-order chi connectivity index (χ1) is 11.6. The van der Waals surface area contributed by atoms with E-state index in [4.69, 9.17) is 4.74 Å². The number of carbonyl (C=O) groups is 1. The lowest BCUT2D eigenvalue weighted by molar-refractivity contribution is 0.0206. The highest BCUT2D eigenvalue weighted by molar-refractivity contribution is 5.74. The molecule has 2 atom stereocenters. The minimum absolute atomic E-state index is 0.0296. The summed E-state index contributed by atoms with van der Waals surface area (Å²) in [7, 11) is 1.96. The summed E-state index contributed by atoms with van der Waals surface area (Å²) in [5, 5.41) is 11.3. The maximum absolute atomic E-state index is 12.5. The van der Waals surface area contributed by atoms with Crippen molar-refractivity contribution in [3.05, 3.63) is 12.2 Å². The Bertz CT molecular complexity index is 542. The van der Waals surface area contributed by atoms with E-state index < -0.39 is 0 Å². The molecule has 3 heterocycles. The number of piperidine rings is 1. The number of rotatable bonds is 4. The van der Waals surface area contributed by atoms with Gasteiger partial charge < -0.3 is 19.5 Å². The first-order valence-corrected chi connectivity index (χ1v) is 8.83. The van der Waals surface area contributed by atoms with Gasteiger partial charge in [0.15, 0.2) is 0 Å². The van der Waals surface area contributed by atoms with Gasteiger partial charge >= 0.3 is 6.03 Å². The molecule has 2 aliphatic heterocycles. The molecule has 1 N–H and O–H groups in total. The first kappa shape index (κ1) is 17.2. The number of urea groups is 1. The number of ether oxygens (including phenoxy) is 1. The maximum Gasteiger partial charge on any atom is 0.317 e. The van der Waals surface area contributed by atoms with E-state index in [-0.39, 0.29) is 11.9 Å². The third kappa shape index (κ3) is 4.05. The van der Waals surface area contributed by atoms with Gasteiger partial charge in [0.05, 0.1) is 13.2 Å². The van der Waals surface area contributed by atoms with E-state index in [0.29, 0.717) is 19.1 Å². The Morgan fingerprint density at radius 3 is 2.92 bits per heavy atom. The number of hydrogen-bond acceptors (Lipinski definition) is 5. The number of nitrogens with zero attached hydrogens (tertiary/aromatic N) is 5. The van der Waals surface area contributed by atoms with Crippen LogP contribution in [0.2, 0.25) is 0 Å². The molecule has 2 amide bonds. The second-order valence-electron chi connectivity index (χ2n) is 6.77. The van der Waals surface area contributed by atoms with Crippen LogP contribution >= 0.6 is 0 Å². The van der Waals surface area contributed by atoms with E-state index in [1.54, 1.807) is 6.33 Å². The minimum atomic E-state index is 0.0296. The van der Waals surface area contributed by atoms with Crippen molar-refractivity contribution in [2.24, 2.45) is 7.05 Å². The normalized spacial score (nSPS) is 23.9. The molecular weight excluding hydrogens is 308 g/mol. The summed E-state index contributed by atoms with van der Waals surface area (Å²) in [6.07, 6.45) is 3.78. The Balaban J connectivity index is 1.48. The van der Waals surface area contributed by atoms with Gasteiger partial charge in [-0.25, -0.2) is 4.79 Å². The first-order valence-electron chi connectivity index (χ1n) is 8.83. The molecule has 1 aromatic rings. The molecular formula is C16H28N6O2. The SMILES string of the molecule is C[C@H](CNC(=O)N1CCC[C@H](c2nncn2C)C1)N1CCOCC1. The van der Waals surface area contributed by atoms with Crippen molar-refractivity contribution in [1.29, 1.82) is 0 Å². The Labute approximate surface area is 143 Å². The molecule has 3 rings (SSSR count). The molecule has 0 bridgehead atoms. The molecule has 1 aromatic heterocycles. The van der Waals surface area contributed by atoms with Gasteiger partial charge in [0, 0.05) is 51.7 Å². The van der Waals surface area contributed by atoms with Gasteiger partial charge in [-0.1, -0.05) is 0 Å². The van der Waals surface area contributed by atoms with Crippen molar-refractivity contribution < 1.29 is 9.53 Å². The van der Waals surface area contributed by atoms with Crippen molar-refractivity contribution in [3.8, 4) is 0 Å². The van der Waals surface area contributed by atoms with Gasteiger partial charge in [0.1, 0.15) is 12.2 Å². The molecule has 0 unspecified atom stereocenters. The van der Waals surface area contributed by atoms with E-state index in [1.807, 2.05) is 16.5 Å². The van der Waals surface area contributed by atoms with Crippen molar-refractivity contribution in [3.63, 3.8) is 0 Å². The van der Waals surface area contributed by atoms with Crippen LogP contribution in [-0.4, -0.2) is 82.6 Å². The van der Waals surface area contributed by atoms with Crippen LogP contribution in [0.3, 0.4) is 0 Å². The number of aryl methyl sites for hydroxylation is 1. The summed E-state index contributed by atoms with van der Waals surface area (Å²) in [5.74, 6) is 1.24. The number of nitrogens with one attached hydrogen (secondary N) is 1. The molecule has 134 valence electrons. The number of likely N-dealkylation sites (tertiary alicyclic amines) is 1. The summed E-state index contributed by atoms with van der Waals surface area (Å²) in [6.45, 7) is 7.79. The molecule has 8 heteroatoms. The van der Waals surface area contributed by atoms with Gasteiger partial charge in [-0.05, 0) is 19.8 Å². The summed E-state index contributed by atoms with van der Waals surface area (Å²) < 4.78 is 7.33. The zero-order chi connectivity index (χ0) is 16.9. The van der Waals surface area contributed by atoms with Gasteiger partial charge in [-0.2, -0.15) is 0 Å². The van der Waals surface area contributed by atoms with Crippen molar-refractivity contribution in [1.82, 2.24) is 29.9 Å². The fraction of sp³-hybridized carbons (Fsp3) is 0.812. The smallest absolute Gasteiger partial charge is 0.317 e. The van der Waals surface area contributed by atoms with Gasteiger partial charge in [-0.15, -0.1) is 10.2 Å². The minimum Gasteiger partial charge on any atom is -0.379 e. The molecule has 24 heavy (non-hydrogen) atoms. The van der Waals surface area contributed by atoms with Crippen LogP contribution in [0.5, 0.6) is 0 Å². The Morgan fingerprint density at radius 1 is 1.42 bits per heavy atom.